The van der Waals surface area contributed by atoms with E-state index in [-0.39, 0.29) is 5.91 Å². The lowest BCUT2D eigenvalue weighted by Crippen LogP contribution is -2.24. The van der Waals surface area contributed by atoms with Crippen LogP contribution in [0.5, 0.6) is 5.75 Å². The van der Waals surface area contributed by atoms with Crippen molar-refractivity contribution in [2.45, 2.75) is 33.0 Å². The number of carboxylic acid groups (broad SMARTS) is 1. The summed E-state index contributed by atoms with van der Waals surface area (Å²) >= 11 is 1.58. The van der Waals surface area contributed by atoms with Gasteiger partial charge in [0.05, 0.1) is 24.2 Å². The number of alkyl halides is 3. The van der Waals surface area contributed by atoms with Gasteiger partial charge in [0.2, 0.25) is 5.91 Å². The van der Waals surface area contributed by atoms with Crippen molar-refractivity contribution in [2.75, 3.05) is 7.11 Å². The Balaban J connectivity index is 0.000000445. The van der Waals surface area contributed by atoms with Gasteiger partial charge in [-0.1, -0.05) is 12.1 Å². The summed E-state index contributed by atoms with van der Waals surface area (Å²) in [5.74, 6) is -1.95. The fourth-order valence-electron chi connectivity index (χ4n) is 1.93. The standard InChI is InChI=1S/C15H18N2O2S.C2HF3O2/c1-10-14(20-11(2)17-10)8-15(18)16-9-12-5-4-6-13(7-12)19-3;3-2(4,5)1(6)7/h4-7H,8-9H2,1-3H3,(H,16,18);(H,6,7). The second-order valence-corrected chi connectivity index (χ2v) is 6.64. The Bertz CT molecular complexity index is 791. The molecule has 0 saturated heterocycles. The van der Waals surface area contributed by atoms with E-state index < -0.39 is 12.1 Å². The van der Waals surface area contributed by atoms with Gasteiger partial charge in [0.15, 0.2) is 0 Å². The van der Waals surface area contributed by atoms with Crippen molar-refractivity contribution in [3.8, 4) is 5.75 Å². The molecule has 2 rings (SSSR count). The number of carbonyl (C=O) groups excluding carboxylic acids is 1. The molecule has 0 aliphatic rings. The van der Waals surface area contributed by atoms with E-state index >= 15 is 0 Å². The van der Waals surface area contributed by atoms with E-state index in [1.54, 1.807) is 18.4 Å². The predicted molar refractivity (Wildman–Crippen MR) is 93.8 cm³/mol. The second-order valence-electron chi connectivity index (χ2n) is 5.35. The molecule has 0 aliphatic carbocycles. The number of hydrogen-bond donors (Lipinski definition) is 2. The summed E-state index contributed by atoms with van der Waals surface area (Å²) in [5, 5.41) is 11.0. The van der Waals surface area contributed by atoms with E-state index in [9.17, 15) is 18.0 Å². The fourth-order valence-corrected chi connectivity index (χ4v) is 2.86. The first kappa shape index (κ1) is 22.4. The maximum atomic E-state index is 11.9. The summed E-state index contributed by atoms with van der Waals surface area (Å²) < 4.78 is 36.9. The SMILES string of the molecule is COc1cccc(CNC(=O)Cc2sc(C)nc2C)c1.O=C(O)C(F)(F)F. The van der Waals surface area contributed by atoms with Gasteiger partial charge in [-0.15, -0.1) is 11.3 Å². The topological polar surface area (TPSA) is 88.5 Å². The van der Waals surface area contributed by atoms with Crippen LogP contribution in [0.15, 0.2) is 24.3 Å². The number of carboxylic acids is 1. The lowest BCUT2D eigenvalue weighted by Gasteiger charge is -2.06. The molecule has 1 heterocycles. The van der Waals surface area contributed by atoms with Gasteiger partial charge in [0, 0.05) is 11.4 Å². The highest BCUT2D eigenvalue weighted by Crippen LogP contribution is 2.18. The van der Waals surface area contributed by atoms with Gasteiger partial charge >= 0.3 is 12.1 Å². The largest absolute Gasteiger partial charge is 0.497 e. The van der Waals surface area contributed by atoms with Crippen LogP contribution in [0.3, 0.4) is 0 Å². The van der Waals surface area contributed by atoms with E-state index in [4.69, 9.17) is 14.6 Å². The molecule has 0 spiro atoms. The summed E-state index contributed by atoms with van der Waals surface area (Å²) in [4.78, 5) is 26.2. The number of halogens is 3. The minimum atomic E-state index is -5.08. The quantitative estimate of drug-likeness (QED) is 0.799. The smallest absolute Gasteiger partial charge is 0.490 e. The molecule has 0 fully saturated rings. The third kappa shape index (κ3) is 8.07. The van der Waals surface area contributed by atoms with Gasteiger partial charge in [0.25, 0.3) is 0 Å². The zero-order chi connectivity index (χ0) is 20.6. The molecule has 0 atom stereocenters. The normalized spacial score (nSPS) is 10.6. The third-order valence-corrected chi connectivity index (χ3v) is 4.26. The number of hydrogen-bond acceptors (Lipinski definition) is 5. The van der Waals surface area contributed by atoms with Crippen molar-refractivity contribution in [3.63, 3.8) is 0 Å². The molecule has 0 unspecified atom stereocenters. The van der Waals surface area contributed by atoms with Gasteiger partial charge in [-0.25, -0.2) is 9.78 Å². The summed E-state index contributed by atoms with van der Waals surface area (Å²) in [5.41, 5.74) is 1.97. The van der Waals surface area contributed by atoms with Crippen molar-refractivity contribution < 1.29 is 32.6 Å². The molecular formula is C17H19F3N2O4S. The summed E-state index contributed by atoms with van der Waals surface area (Å²) in [6.07, 6.45) is -4.69. The van der Waals surface area contributed by atoms with E-state index in [1.165, 1.54) is 0 Å². The molecule has 2 N–H and O–H groups in total. The van der Waals surface area contributed by atoms with Crippen molar-refractivity contribution >= 4 is 23.2 Å². The van der Waals surface area contributed by atoms with Crippen LogP contribution in [0.2, 0.25) is 0 Å². The Labute approximate surface area is 158 Å². The van der Waals surface area contributed by atoms with E-state index in [0.29, 0.717) is 13.0 Å². The average Bonchev–Trinajstić information content (AvgIpc) is 2.90. The van der Waals surface area contributed by atoms with E-state index in [1.807, 2.05) is 38.1 Å². The molecule has 6 nitrogen and oxygen atoms in total. The number of carbonyl (C=O) groups is 2. The number of nitrogens with one attached hydrogen (secondary N) is 1. The van der Waals surface area contributed by atoms with Gasteiger partial charge < -0.3 is 15.2 Å². The predicted octanol–water partition coefficient (Wildman–Crippen LogP) is 3.26. The van der Waals surface area contributed by atoms with Gasteiger partial charge in [-0.3, -0.25) is 4.79 Å². The first-order valence-electron chi connectivity index (χ1n) is 7.65. The van der Waals surface area contributed by atoms with Crippen LogP contribution in [0.25, 0.3) is 0 Å². The van der Waals surface area contributed by atoms with Crippen LogP contribution in [0, 0.1) is 13.8 Å². The van der Waals surface area contributed by atoms with Gasteiger partial charge in [0.1, 0.15) is 5.75 Å². The van der Waals surface area contributed by atoms with Crippen molar-refractivity contribution in [3.05, 3.63) is 45.4 Å². The summed E-state index contributed by atoms with van der Waals surface area (Å²) in [6.45, 7) is 4.40. The molecule has 1 aromatic carbocycles. The molecule has 1 aromatic heterocycles. The molecule has 27 heavy (non-hydrogen) atoms. The van der Waals surface area contributed by atoms with E-state index in [0.717, 1.165) is 26.9 Å². The zero-order valence-electron chi connectivity index (χ0n) is 14.9. The van der Waals surface area contributed by atoms with E-state index in [2.05, 4.69) is 10.3 Å². The van der Waals surface area contributed by atoms with Gasteiger partial charge in [-0.05, 0) is 31.5 Å². The number of rotatable bonds is 5. The lowest BCUT2D eigenvalue weighted by molar-refractivity contribution is -0.192. The summed E-state index contributed by atoms with van der Waals surface area (Å²) in [6, 6.07) is 7.68. The van der Waals surface area contributed by atoms with Crippen LogP contribution in [0.4, 0.5) is 13.2 Å². The third-order valence-electron chi connectivity index (χ3n) is 3.19. The maximum absolute atomic E-state index is 11.9. The highest BCUT2D eigenvalue weighted by Gasteiger charge is 2.38. The van der Waals surface area contributed by atoms with Crippen LogP contribution in [0.1, 0.15) is 21.1 Å². The zero-order valence-corrected chi connectivity index (χ0v) is 15.7. The Morgan fingerprint density at radius 2 is 1.93 bits per heavy atom. The monoisotopic (exact) mass is 404 g/mol. The number of benzene rings is 1. The Kier molecular flexibility index (Phi) is 8.23. The fraction of sp³-hybridized carbons (Fsp3) is 0.353. The number of aromatic nitrogens is 1. The minimum Gasteiger partial charge on any atom is -0.497 e. The number of amides is 1. The van der Waals surface area contributed by atoms with Crippen LogP contribution < -0.4 is 10.1 Å². The van der Waals surface area contributed by atoms with Gasteiger partial charge in [-0.2, -0.15) is 13.2 Å². The number of methoxy groups -OCH3 is 1. The Morgan fingerprint density at radius 3 is 2.41 bits per heavy atom. The van der Waals surface area contributed by atoms with Crippen molar-refractivity contribution in [2.24, 2.45) is 0 Å². The molecule has 0 radical (unpaired) electrons. The minimum absolute atomic E-state index is 0.0135. The Hall–Kier alpha value is -2.62. The van der Waals surface area contributed by atoms with Crippen LogP contribution in [-0.4, -0.2) is 35.3 Å². The molecule has 0 saturated carbocycles. The average molecular weight is 404 g/mol. The highest BCUT2D eigenvalue weighted by atomic mass is 32.1. The molecule has 0 aliphatic heterocycles. The second kappa shape index (κ2) is 9.91. The number of thiazole rings is 1. The summed E-state index contributed by atoms with van der Waals surface area (Å²) in [7, 11) is 1.63. The number of ether oxygens (including phenoxy) is 1. The molecule has 148 valence electrons. The molecule has 0 bridgehead atoms. The Morgan fingerprint density at radius 1 is 1.30 bits per heavy atom. The lowest BCUT2D eigenvalue weighted by atomic mass is 10.2. The van der Waals surface area contributed by atoms with Crippen molar-refractivity contribution in [1.82, 2.24) is 10.3 Å². The molecule has 1 amide bonds. The highest BCUT2D eigenvalue weighted by molar-refractivity contribution is 7.11. The number of aliphatic carboxylic acids is 1. The molecule has 10 heteroatoms. The van der Waals surface area contributed by atoms with Crippen LogP contribution in [-0.2, 0) is 22.6 Å². The first-order chi connectivity index (χ1) is 12.5. The number of aryl methyl sites for hydroxylation is 2. The van der Waals surface area contributed by atoms with Crippen molar-refractivity contribution in [1.29, 1.82) is 0 Å². The first-order valence-corrected chi connectivity index (χ1v) is 8.47. The maximum Gasteiger partial charge on any atom is 0.490 e. The molecular weight excluding hydrogens is 385 g/mol. The van der Waals surface area contributed by atoms with Crippen LogP contribution >= 0.6 is 11.3 Å². The molecule has 2 aromatic rings. The number of nitrogens with zero attached hydrogens (tertiary/aromatic N) is 1.